The van der Waals surface area contributed by atoms with Crippen LogP contribution in [0.4, 0.5) is 0 Å². The van der Waals surface area contributed by atoms with E-state index >= 15 is 0 Å². The minimum absolute atomic E-state index is 0.304. The van der Waals surface area contributed by atoms with E-state index in [1.807, 2.05) is 0 Å². The zero-order chi connectivity index (χ0) is 11.3. The Labute approximate surface area is 91.7 Å². The number of ether oxygens (including phenoxy) is 2. The third kappa shape index (κ3) is 4.46. The first-order valence-electron chi connectivity index (χ1n) is 4.17. The molecule has 0 aliphatic rings. The second-order valence-electron chi connectivity index (χ2n) is 2.71. The number of esters is 2. The molecule has 0 heterocycles. The Kier molecular flexibility index (Phi) is 4.12. The maximum Gasteiger partial charge on any atom is 0.351 e. The van der Waals surface area contributed by atoms with Gasteiger partial charge in [-0.3, -0.25) is 4.79 Å². The molecule has 0 aromatic heterocycles. The van der Waals surface area contributed by atoms with Crippen molar-refractivity contribution in [2.75, 3.05) is 6.61 Å². The summed E-state index contributed by atoms with van der Waals surface area (Å²) in [7, 11) is 0. The largest absolute Gasteiger partial charge is 0.482 e. The molecule has 1 aromatic rings. The zero-order valence-corrected chi connectivity index (χ0v) is 8.78. The molecule has 0 fully saturated rings. The summed E-state index contributed by atoms with van der Waals surface area (Å²) >= 11 is 5.65. The molecule has 0 aliphatic heterocycles. The third-order valence-electron chi connectivity index (χ3n) is 1.43. The second kappa shape index (κ2) is 5.36. The van der Waals surface area contributed by atoms with Gasteiger partial charge in [0.05, 0.1) is 0 Å². The molecule has 0 radical (unpaired) electrons. The van der Waals surface area contributed by atoms with Crippen LogP contribution in [0.5, 0.6) is 5.75 Å². The van der Waals surface area contributed by atoms with Crippen molar-refractivity contribution in [3.05, 3.63) is 29.3 Å². The molecule has 5 heteroatoms. The van der Waals surface area contributed by atoms with Gasteiger partial charge < -0.3 is 9.47 Å². The van der Waals surface area contributed by atoms with E-state index in [0.717, 1.165) is 6.92 Å². The van der Waals surface area contributed by atoms with E-state index in [2.05, 4.69) is 4.74 Å². The van der Waals surface area contributed by atoms with Crippen LogP contribution in [0.15, 0.2) is 24.3 Å². The van der Waals surface area contributed by atoms with Crippen LogP contribution in [0.2, 0.25) is 5.02 Å². The minimum atomic E-state index is -0.725. The molecule has 4 nitrogen and oxygen atoms in total. The summed E-state index contributed by atoms with van der Waals surface area (Å²) in [5.74, 6) is -0.892. The van der Waals surface area contributed by atoms with E-state index in [9.17, 15) is 9.59 Å². The van der Waals surface area contributed by atoms with Crippen molar-refractivity contribution in [3.63, 3.8) is 0 Å². The van der Waals surface area contributed by atoms with Gasteiger partial charge in [-0.25, -0.2) is 4.79 Å². The summed E-state index contributed by atoms with van der Waals surface area (Å²) in [6, 6.07) is 6.49. The maximum atomic E-state index is 10.9. The average Bonchev–Trinajstić information content (AvgIpc) is 2.16. The average molecular weight is 229 g/mol. The molecule has 1 rings (SSSR count). The third-order valence-corrected chi connectivity index (χ3v) is 1.68. The molecule has 0 amide bonds. The van der Waals surface area contributed by atoms with E-state index in [1.54, 1.807) is 24.3 Å². The molecule has 0 saturated carbocycles. The van der Waals surface area contributed by atoms with Crippen LogP contribution >= 0.6 is 11.6 Å². The molecule has 1 aromatic carbocycles. The van der Waals surface area contributed by atoms with Crippen LogP contribution in [0.3, 0.4) is 0 Å². The predicted molar refractivity (Wildman–Crippen MR) is 53.7 cm³/mol. The molecule has 0 atom stereocenters. The van der Waals surface area contributed by atoms with Crippen molar-refractivity contribution >= 4 is 23.5 Å². The lowest BCUT2D eigenvalue weighted by Crippen LogP contribution is -2.17. The van der Waals surface area contributed by atoms with Gasteiger partial charge in [-0.1, -0.05) is 11.6 Å². The Balaban J connectivity index is 2.40. The van der Waals surface area contributed by atoms with E-state index in [0.29, 0.717) is 10.8 Å². The Morgan fingerprint density at radius 3 is 2.40 bits per heavy atom. The van der Waals surface area contributed by atoms with Crippen LogP contribution in [-0.4, -0.2) is 18.5 Å². The first kappa shape index (κ1) is 11.5. The topological polar surface area (TPSA) is 52.6 Å². The van der Waals surface area contributed by atoms with Crippen molar-refractivity contribution < 1.29 is 19.1 Å². The van der Waals surface area contributed by atoms with Crippen LogP contribution in [-0.2, 0) is 14.3 Å². The maximum absolute atomic E-state index is 10.9. The van der Waals surface area contributed by atoms with Gasteiger partial charge in [-0.15, -0.1) is 0 Å². The van der Waals surface area contributed by atoms with Gasteiger partial charge in [0.1, 0.15) is 5.75 Å². The molecular formula is C10H9ClO4. The molecule has 0 N–H and O–H groups in total. The molecule has 0 saturated heterocycles. The normalized spacial score (nSPS) is 9.47. The molecule has 80 valence electrons. The monoisotopic (exact) mass is 228 g/mol. The number of benzene rings is 1. The Morgan fingerprint density at radius 1 is 1.27 bits per heavy atom. The standard InChI is InChI=1S/C10H9ClO4/c1-7(12)15-10(13)6-14-9-4-2-8(11)3-5-9/h2-5H,6H2,1H3. The van der Waals surface area contributed by atoms with Crippen molar-refractivity contribution in [1.82, 2.24) is 0 Å². The first-order valence-corrected chi connectivity index (χ1v) is 4.55. The lowest BCUT2D eigenvalue weighted by atomic mass is 10.3. The quantitative estimate of drug-likeness (QED) is 0.585. The van der Waals surface area contributed by atoms with E-state index in [1.165, 1.54) is 0 Å². The summed E-state index contributed by atoms with van der Waals surface area (Å²) in [5.41, 5.74) is 0. The van der Waals surface area contributed by atoms with Gasteiger partial charge >= 0.3 is 11.9 Å². The van der Waals surface area contributed by atoms with Gasteiger partial charge in [0.15, 0.2) is 6.61 Å². The molecule has 0 spiro atoms. The lowest BCUT2D eigenvalue weighted by molar-refractivity contribution is -0.159. The van der Waals surface area contributed by atoms with Crippen molar-refractivity contribution in [2.45, 2.75) is 6.92 Å². The fourth-order valence-electron chi connectivity index (χ4n) is 0.863. The molecule has 15 heavy (non-hydrogen) atoms. The lowest BCUT2D eigenvalue weighted by Gasteiger charge is -2.04. The highest BCUT2D eigenvalue weighted by atomic mass is 35.5. The smallest absolute Gasteiger partial charge is 0.351 e. The predicted octanol–water partition coefficient (Wildman–Crippen LogP) is 1.81. The van der Waals surface area contributed by atoms with Crippen molar-refractivity contribution in [1.29, 1.82) is 0 Å². The highest BCUT2D eigenvalue weighted by Crippen LogP contribution is 2.15. The molecular weight excluding hydrogens is 220 g/mol. The van der Waals surface area contributed by atoms with Crippen LogP contribution < -0.4 is 4.74 Å². The summed E-state index contributed by atoms with van der Waals surface area (Å²) < 4.78 is 9.31. The second-order valence-corrected chi connectivity index (χ2v) is 3.14. The van der Waals surface area contributed by atoms with Crippen LogP contribution in [0.1, 0.15) is 6.92 Å². The minimum Gasteiger partial charge on any atom is -0.482 e. The fraction of sp³-hybridized carbons (Fsp3) is 0.200. The van der Waals surface area contributed by atoms with Crippen molar-refractivity contribution in [2.24, 2.45) is 0 Å². The fourth-order valence-corrected chi connectivity index (χ4v) is 0.989. The summed E-state index contributed by atoms with van der Waals surface area (Å²) in [4.78, 5) is 21.3. The first-order chi connectivity index (χ1) is 7.08. The summed E-state index contributed by atoms with van der Waals surface area (Å²) in [6.07, 6.45) is 0. The van der Waals surface area contributed by atoms with E-state index < -0.39 is 11.9 Å². The van der Waals surface area contributed by atoms with Gasteiger partial charge in [0.2, 0.25) is 0 Å². The highest BCUT2D eigenvalue weighted by Gasteiger charge is 2.06. The molecule has 0 aliphatic carbocycles. The number of carbonyl (C=O) groups excluding carboxylic acids is 2. The summed E-state index contributed by atoms with van der Waals surface area (Å²) in [5, 5.41) is 0.577. The Morgan fingerprint density at radius 2 is 1.87 bits per heavy atom. The number of hydrogen-bond acceptors (Lipinski definition) is 4. The van der Waals surface area contributed by atoms with Crippen LogP contribution in [0, 0.1) is 0 Å². The van der Waals surface area contributed by atoms with Gasteiger partial charge in [-0.05, 0) is 24.3 Å². The Hall–Kier alpha value is -1.55. The van der Waals surface area contributed by atoms with Crippen LogP contribution in [0.25, 0.3) is 0 Å². The van der Waals surface area contributed by atoms with Crippen molar-refractivity contribution in [3.8, 4) is 5.75 Å². The van der Waals surface area contributed by atoms with E-state index in [4.69, 9.17) is 16.3 Å². The molecule has 0 unspecified atom stereocenters. The summed E-state index contributed by atoms with van der Waals surface area (Å²) in [6.45, 7) is 0.849. The Bertz CT molecular complexity index is 358. The zero-order valence-electron chi connectivity index (χ0n) is 8.03. The molecule has 0 bridgehead atoms. The number of carbonyl (C=O) groups is 2. The number of hydrogen-bond donors (Lipinski definition) is 0. The van der Waals surface area contributed by atoms with Gasteiger partial charge in [-0.2, -0.15) is 0 Å². The highest BCUT2D eigenvalue weighted by molar-refractivity contribution is 6.30. The number of rotatable bonds is 3. The SMILES string of the molecule is CC(=O)OC(=O)COc1ccc(Cl)cc1. The van der Waals surface area contributed by atoms with E-state index in [-0.39, 0.29) is 6.61 Å². The number of halogens is 1. The van der Waals surface area contributed by atoms with Gasteiger partial charge in [0.25, 0.3) is 0 Å². The van der Waals surface area contributed by atoms with Gasteiger partial charge in [0, 0.05) is 11.9 Å².